The molecule has 0 spiro atoms. The van der Waals surface area contributed by atoms with Gasteiger partial charge in [0, 0.05) is 23.4 Å². The molecule has 3 aromatic rings. The van der Waals surface area contributed by atoms with Gasteiger partial charge in [-0.05, 0) is 48.0 Å². The van der Waals surface area contributed by atoms with Gasteiger partial charge in [0.15, 0.2) is 11.5 Å². The zero-order valence-electron chi connectivity index (χ0n) is 17.0. The van der Waals surface area contributed by atoms with Crippen LogP contribution in [0.3, 0.4) is 0 Å². The van der Waals surface area contributed by atoms with E-state index in [1.165, 1.54) is 7.11 Å². The fourth-order valence-corrected chi connectivity index (χ4v) is 2.75. The van der Waals surface area contributed by atoms with Crippen LogP contribution in [0.4, 0.5) is 11.4 Å². The van der Waals surface area contributed by atoms with Crippen molar-refractivity contribution in [2.75, 3.05) is 17.7 Å². The molecule has 0 heterocycles. The summed E-state index contributed by atoms with van der Waals surface area (Å²) < 4.78 is 11.2. The lowest BCUT2D eigenvalue weighted by atomic mass is 10.1. The molecule has 2 amide bonds. The summed E-state index contributed by atoms with van der Waals surface area (Å²) in [5.41, 5.74) is 2.79. The summed E-state index contributed by atoms with van der Waals surface area (Å²) in [6, 6.07) is 21.8. The molecule has 0 aliphatic rings. The fraction of sp³-hybridized carbons (Fsp3) is 0.167. The van der Waals surface area contributed by atoms with Gasteiger partial charge in [0.1, 0.15) is 6.61 Å². The normalized spacial score (nSPS) is 10.2. The summed E-state index contributed by atoms with van der Waals surface area (Å²) >= 11 is 0. The maximum Gasteiger partial charge on any atom is 0.255 e. The van der Waals surface area contributed by atoms with Gasteiger partial charge in [0.2, 0.25) is 5.91 Å². The van der Waals surface area contributed by atoms with Crippen LogP contribution >= 0.6 is 0 Å². The highest BCUT2D eigenvalue weighted by atomic mass is 16.5. The number of rotatable bonds is 8. The maximum atomic E-state index is 12.6. The van der Waals surface area contributed by atoms with Crippen molar-refractivity contribution in [3.63, 3.8) is 0 Å². The second kappa shape index (κ2) is 10.1. The summed E-state index contributed by atoms with van der Waals surface area (Å²) in [5, 5.41) is 5.60. The molecule has 2 N–H and O–H groups in total. The van der Waals surface area contributed by atoms with Gasteiger partial charge in [-0.15, -0.1) is 0 Å². The predicted octanol–water partition coefficient (Wildman–Crippen LogP) is 4.88. The quantitative estimate of drug-likeness (QED) is 0.561. The molecule has 3 aromatic carbocycles. The predicted molar refractivity (Wildman–Crippen MR) is 117 cm³/mol. The van der Waals surface area contributed by atoms with E-state index in [1.807, 2.05) is 30.3 Å². The summed E-state index contributed by atoms with van der Waals surface area (Å²) in [4.78, 5) is 24.0. The number of ether oxygens (including phenoxy) is 2. The highest BCUT2D eigenvalue weighted by molar-refractivity contribution is 6.04. The van der Waals surface area contributed by atoms with Gasteiger partial charge in [-0.2, -0.15) is 0 Å². The number of carbonyl (C=O) groups is 2. The van der Waals surface area contributed by atoms with Gasteiger partial charge < -0.3 is 20.1 Å². The Hall–Kier alpha value is -3.80. The Balaban J connectivity index is 1.65. The molecule has 0 aliphatic heterocycles. The van der Waals surface area contributed by atoms with Crippen molar-refractivity contribution >= 4 is 23.2 Å². The minimum atomic E-state index is -0.270. The van der Waals surface area contributed by atoms with Crippen molar-refractivity contribution in [2.24, 2.45) is 0 Å². The number of hydrogen-bond acceptors (Lipinski definition) is 4. The standard InChI is InChI=1S/C24H24N2O4/c1-3-23(27)25-19-10-12-20(13-11-19)26-24(28)18-9-14-21(22(15-18)29-2)30-16-17-7-5-4-6-8-17/h4-15H,3,16H2,1-2H3,(H,25,27)(H,26,28). The lowest BCUT2D eigenvalue weighted by molar-refractivity contribution is -0.115. The zero-order valence-corrected chi connectivity index (χ0v) is 17.0. The van der Waals surface area contributed by atoms with Gasteiger partial charge in [-0.1, -0.05) is 37.3 Å². The van der Waals surface area contributed by atoms with Crippen LogP contribution in [0.1, 0.15) is 29.3 Å². The molecule has 3 rings (SSSR count). The van der Waals surface area contributed by atoms with Gasteiger partial charge in [0.05, 0.1) is 7.11 Å². The Kier molecular flexibility index (Phi) is 7.05. The lowest BCUT2D eigenvalue weighted by Crippen LogP contribution is -2.13. The van der Waals surface area contributed by atoms with Crippen LogP contribution in [0.5, 0.6) is 11.5 Å². The van der Waals surface area contributed by atoms with Crippen LogP contribution in [0, 0.1) is 0 Å². The van der Waals surface area contributed by atoms with E-state index in [-0.39, 0.29) is 11.8 Å². The van der Waals surface area contributed by atoms with Crippen LogP contribution in [-0.2, 0) is 11.4 Å². The first kappa shape index (κ1) is 20.9. The average molecular weight is 404 g/mol. The minimum absolute atomic E-state index is 0.0616. The van der Waals surface area contributed by atoms with E-state index < -0.39 is 0 Å². The lowest BCUT2D eigenvalue weighted by Gasteiger charge is -2.13. The first-order valence-electron chi connectivity index (χ1n) is 9.65. The monoisotopic (exact) mass is 404 g/mol. The molecule has 0 radical (unpaired) electrons. The molecule has 0 fully saturated rings. The average Bonchev–Trinajstić information content (AvgIpc) is 2.79. The number of hydrogen-bond donors (Lipinski definition) is 2. The summed E-state index contributed by atoms with van der Waals surface area (Å²) in [5.74, 6) is 0.715. The van der Waals surface area contributed by atoms with E-state index in [0.29, 0.717) is 41.5 Å². The first-order valence-corrected chi connectivity index (χ1v) is 9.65. The Bertz CT molecular complexity index is 1000. The van der Waals surface area contributed by atoms with Crippen LogP contribution in [0.25, 0.3) is 0 Å². The molecule has 0 saturated carbocycles. The number of methoxy groups -OCH3 is 1. The van der Waals surface area contributed by atoms with Crippen LogP contribution < -0.4 is 20.1 Å². The fourth-order valence-electron chi connectivity index (χ4n) is 2.75. The number of anilines is 2. The van der Waals surface area contributed by atoms with Gasteiger partial charge >= 0.3 is 0 Å². The highest BCUT2D eigenvalue weighted by Crippen LogP contribution is 2.29. The van der Waals surface area contributed by atoms with Gasteiger partial charge in [-0.25, -0.2) is 0 Å². The van der Waals surface area contributed by atoms with E-state index in [2.05, 4.69) is 10.6 Å². The van der Waals surface area contributed by atoms with Crippen LogP contribution in [-0.4, -0.2) is 18.9 Å². The third-order valence-electron chi connectivity index (χ3n) is 4.41. The van der Waals surface area contributed by atoms with E-state index in [0.717, 1.165) is 5.56 Å². The SMILES string of the molecule is CCC(=O)Nc1ccc(NC(=O)c2ccc(OCc3ccccc3)c(OC)c2)cc1. The van der Waals surface area contributed by atoms with E-state index in [9.17, 15) is 9.59 Å². The van der Waals surface area contributed by atoms with Crippen molar-refractivity contribution in [1.82, 2.24) is 0 Å². The van der Waals surface area contributed by atoms with Crippen molar-refractivity contribution in [1.29, 1.82) is 0 Å². The summed E-state index contributed by atoms with van der Waals surface area (Å²) in [7, 11) is 1.54. The molecular weight excluding hydrogens is 380 g/mol. The second-order valence-electron chi connectivity index (χ2n) is 6.57. The molecule has 0 saturated heterocycles. The van der Waals surface area contributed by atoms with Gasteiger partial charge in [0.25, 0.3) is 5.91 Å². The largest absolute Gasteiger partial charge is 0.493 e. The molecule has 0 aliphatic carbocycles. The first-order chi connectivity index (χ1) is 14.6. The van der Waals surface area contributed by atoms with E-state index in [1.54, 1.807) is 49.4 Å². The van der Waals surface area contributed by atoms with Crippen molar-refractivity contribution in [3.05, 3.63) is 83.9 Å². The molecule has 0 unspecified atom stereocenters. The molecule has 0 bridgehead atoms. The molecule has 0 aromatic heterocycles. The van der Waals surface area contributed by atoms with Gasteiger partial charge in [-0.3, -0.25) is 9.59 Å². The van der Waals surface area contributed by atoms with E-state index in [4.69, 9.17) is 9.47 Å². The van der Waals surface area contributed by atoms with Crippen LogP contribution in [0.2, 0.25) is 0 Å². The van der Waals surface area contributed by atoms with Crippen molar-refractivity contribution < 1.29 is 19.1 Å². The molecule has 154 valence electrons. The Morgan fingerprint density at radius 3 is 2.13 bits per heavy atom. The molecule has 6 nitrogen and oxygen atoms in total. The van der Waals surface area contributed by atoms with Crippen molar-refractivity contribution in [3.8, 4) is 11.5 Å². The van der Waals surface area contributed by atoms with Crippen LogP contribution in [0.15, 0.2) is 72.8 Å². The highest BCUT2D eigenvalue weighted by Gasteiger charge is 2.12. The summed E-state index contributed by atoms with van der Waals surface area (Å²) in [6.45, 7) is 2.19. The third kappa shape index (κ3) is 5.61. The van der Waals surface area contributed by atoms with E-state index >= 15 is 0 Å². The minimum Gasteiger partial charge on any atom is -0.493 e. The Morgan fingerprint density at radius 1 is 0.833 bits per heavy atom. The molecule has 0 atom stereocenters. The molecule has 6 heteroatoms. The number of nitrogens with one attached hydrogen (secondary N) is 2. The third-order valence-corrected chi connectivity index (χ3v) is 4.41. The maximum absolute atomic E-state index is 12.6. The number of carbonyl (C=O) groups excluding carboxylic acids is 2. The zero-order chi connectivity index (χ0) is 21.3. The molecular formula is C24H24N2O4. The smallest absolute Gasteiger partial charge is 0.255 e. The second-order valence-corrected chi connectivity index (χ2v) is 6.57. The number of amides is 2. The molecule has 30 heavy (non-hydrogen) atoms. The topological polar surface area (TPSA) is 76.7 Å². The Morgan fingerprint density at radius 2 is 1.50 bits per heavy atom. The Labute approximate surface area is 175 Å². The van der Waals surface area contributed by atoms with Crippen molar-refractivity contribution in [2.45, 2.75) is 20.0 Å². The number of benzene rings is 3. The summed E-state index contributed by atoms with van der Waals surface area (Å²) in [6.07, 6.45) is 0.408.